The molecule has 9 nitrogen and oxygen atoms in total. The Bertz CT molecular complexity index is 1420. The maximum Gasteiger partial charge on any atom is 0.243 e. The molecule has 3 aromatic carbocycles. The monoisotopic (exact) mass is 545 g/mol. The summed E-state index contributed by atoms with van der Waals surface area (Å²) < 4.78 is 60.5. The van der Waals surface area contributed by atoms with Crippen molar-refractivity contribution in [1.29, 1.82) is 0 Å². The summed E-state index contributed by atoms with van der Waals surface area (Å²) in [6.07, 6.45) is 0. The van der Waals surface area contributed by atoms with Crippen LogP contribution >= 0.6 is 0 Å². The molecule has 198 valence electrons. The molecular formula is C26H31N3O6S2. The molecular weight excluding hydrogens is 514 g/mol. The minimum Gasteiger partial charge on any atom is -0.496 e. The SMILES string of the molecule is COc1ccc(S(=O)(=O)N(CC(=O)NCCNS(=O)(=O)c2ccc(C)cc2)Cc2ccccc2)cc1C. The first kappa shape index (κ1) is 28.3. The van der Waals surface area contributed by atoms with Crippen LogP contribution in [0.2, 0.25) is 0 Å². The second-order valence-corrected chi connectivity index (χ2v) is 12.2. The molecule has 0 aliphatic heterocycles. The van der Waals surface area contributed by atoms with Gasteiger partial charge in [-0.1, -0.05) is 48.0 Å². The predicted molar refractivity (Wildman–Crippen MR) is 141 cm³/mol. The summed E-state index contributed by atoms with van der Waals surface area (Å²) in [4.78, 5) is 12.9. The Balaban J connectivity index is 1.68. The van der Waals surface area contributed by atoms with E-state index in [9.17, 15) is 21.6 Å². The van der Waals surface area contributed by atoms with Crippen molar-refractivity contribution in [3.8, 4) is 5.75 Å². The molecule has 0 saturated heterocycles. The van der Waals surface area contributed by atoms with Crippen LogP contribution in [0.25, 0.3) is 0 Å². The summed E-state index contributed by atoms with van der Waals surface area (Å²) >= 11 is 0. The molecule has 0 unspecified atom stereocenters. The van der Waals surface area contributed by atoms with Crippen molar-refractivity contribution in [1.82, 2.24) is 14.3 Å². The summed E-state index contributed by atoms with van der Waals surface area (Å²) in [5, 5.41) is 2.59. The number of hydrogen-bond donors (Lipinski definition) is 2. The van der Waals surface area contributed by atoms with Gasteiger partial charge in [-0.25, -0.2) is 21.6 Å². The molecule has 0 saturated carbocycles. The molecule has 0 fully saturated rings. The van der Waals surface area contributed by atoms with Gasteiger partial charge in [0.2, 0.25) is 26.0 Å². The van der Waals surface area contributed by atoms with Crippen LogP contribution in [-0.4, -0.2) is 53.8 Å². The van der Waals surface area contributed by atoms with Gasteiger partial charge in [-0.2, -0.15) is 4.31 Å². The highest BCUT2D eigenvalue weighted by molar-refractivity contribution is 7.89. The van der Waals surface area contributed by atoms with Crippen LogP contribution in [0.15, 0.2) is 82.6 Å². The number of nitrogens with one attached hydrogen (secondary N) is 2. The molecule has 11 heteroatoms. The minimum absolute atomic E-state index is 0.00913. The molecule has 0 spiro atoms. The number of aryl methyl sites for hydroxylation is 2. The van der Waals surface area contributed by atoms with Gasteiger partial charge in [-0.3, -0.25) is 4.79 Å². The first-order valence-electron chi connectivity index (χ1n) is 11.5. The third-order valence-corrected chi connectivity index (χ3v) is 8.86. The lowest BCUT2D eigenvalue weighted by molar-refractivity contribution is -0.121. The van der Waals surface area contributed by atoms with E-state index in [2.05, 4.69) is 10.0 Å². The Morgan fingerprint density at radius 1 is 0.865 bits per heavy atom. The third-order valence-electron chi connectivity index (χ3n) is 5.60. The van der Waals surface area contributed by atoms with Crippen LogP contribution in [0.4, 0.5) is 0 Å². The first-order valence-corrected chi connectivity index (χ1v) is 14.5. The van der Waals surface area contributed by atoms with Crippen LogP contribution in [0.1, 0.15) is 16.7 Å². The van der Waals surface area contributed by atoms with Crippen LogP contribution in [0.5, 0.6) is 5.75 Å². The number of nitrogens with zero attached hydrogens (tertiary/aromatic N) is 1. The third kappa shape index (κ3) is 7.62. The zero-order valence-electron chi connectivity index (χ0n) is 21.0. The van der Waals surface area contributed by atoms with Crippen molar-refractivity contribution in [2.45, 2.75) is 30.2 Å². The molecule has 3 aromatic rings. The Kier molecular flexibility index (Phi) is 9.44. The van der Waals surface area contributed by atoms with Gasteiger partial charge in [0.25, 0.3) is 0 Å². The fourth-order valence-corrected chi connectivity index (χ4v) is 6.08. The number of methoxy groups -OCH3 is 1. The molecule has 1 amide bonds. The van der Waals surface area contributed by atoms with E-state index in [1.54, 1.807) is 49.4 Å². The topological polar surface area (TPSA) is 122 Å². The van der Waals surface area contributed by atoms with Crippen molar-refractivity contribution in [2.24, 2.45) is 0 Å². The van der Waals surface area contributed by atoms with Gasteiger partial charge in [0.15, 0.2) is 0 Å². The quantitative estimate of drug-likeness (QED) is 0.338. The molecule has 0 aromatic heterocycles. The molecule has 37 heavy (non-hydrogen) atoms. The lowest BCUT2D eigenvalue weighted by Gasteiger charge is -2.22. The van der Waals surface area contributed by atoms with Crippen LogP contribution in [-0.2, 0) is 31.4 Å². The van der Waals surface area contributed by atoms with Gasteiger partial charge in [-0.15, -0.1) is 0 Å². The average molecular weight is 546 g/mol. The number of carbonyl (C=O) groups excluding carboxylic acids is 1. The van der Waals surface area contributed by atoms with Crippen molar-refractivity contribution in [3.63, 3.8) is 0 Å². The molecule has 3 rings (SSSR count). The van der Waals surface area contributed by atoms with Crippen molar-refractivity contribution in [3.05, 3.63) is 89.5 Å². The molecule has 2 N–H and O–H groups in total. The van der Waals surface area contributed by atoms with E-state index in [-0.39, 0.29) is 29.4 Å². The first-order chi connectivity index (χ1) is 17.5. The Morgan fingerprint density at radius 3 is 2.14 bits per heavy atom. The summed E-state index contributed by atoms with van der Waals surface area (Å²) in [7, 11) is -6.25. The zero-order chi connectivity index (χ0) is 27.1. The summed E-state index contributed by atoms with van der Waals surface area (Å²) in [5.41, 5.74) is 2.30. The van der Waals surface area contributed by atoms with Crippen molar-refractivity contribution < 1.29 is 26.4 Å². The highest BCUT2D eigenvalue weighted by atomic mass is 32.2. The number of carbonyl (C=O) groups is 1. The number of sulfonamides is 2. The van der Waals surface area contributed by atoms with E-state index in [0.29, 0.717) is 11.3 Å². The van der Waals surface area contributed by atoms with Crippen molar-refractivity contribution in [2.75, 3.05) is 26.7 Å². The van der Waals surface area contributed by atoms with Crippen LogP contribution < -0.4 is 14.8 Å². The van der Waals surface area contributed by atoms with Crippen LogP contribution in [0, 0.1) is 13.8 Å². The Hall–Kier alpha value is -3.25. The van der Waals surface area contributed by atoms with E-state index in [1.165, 1.54) is 31.4 Å². The lowest BCUT2D eigenvalue weighted by Crippen LogP contribution is -2.42. The highest BCUT2D eigenvalue weighted by Crippen LogP contribution is 2.24. The normalized spacial score (nSPS) is 11.9. The fourth-order valence-electron chi connectivity index (χ4n) is 3.58. The number of amides is 1. The molecule has 0 aliphatic rings. The fraction of sp³-hybridized carbons (Fsp3) is 0.269. The highest BCUT2D eigenvalue weighted by Gasteiger charge is 2.27. The second kappa shape index (κ2) is 12.3. The standard InChI is InChI=1S/C26H31N3O6S2/c1-20-9-11-23(12-10-20)36(31,32)28-16-15-27-26(30)19-29(18-22-7-5-4-6-8-22)37(33,34)24-13-14-25(35-3)21(2)17-24/h4-14,17,28H,15-16,18-19H2,1-3H3,(H,27,30). The number of rotatable bonds is 12. The van der Waals surface area contributed by atoms with E-state index in [0.717, 1.165) is 15.4 Å². The van der Waals surface area contributed by atoms with E-state index >= 15 is 0 Å². The van der Waals surface area contributed by atoms with Crippen molar-refractivity contribution >= 4 is 26.0 Å². The molecule has 0 aliphatic carbocycles. The van der Waals surface area contributed by atoms with Gasteiger partial charge in [0, 0.05) is 19.6 Å². The molecule has 0 radical (unpaired) electrons. The number of hydrogen-bond acceptors (Lipinski definition) is 6. The summed E-state index contributed by atoms with van der Waals surface area (Å²) in [5.74, 6) is -0.00124. The summed E-state index contributed by atoms with van der Waals surface area (Å²) in [6.45, 7) is 3.09. The predicted octanol–water partition coefficient (Wildman–Crippen LogP) is 2.60. The molecule has 0 bridgehead atoms. The largest absolute Gasteiger partial charge is 0.496 e. The molecule has 0 heterocycles. The minimum atomic E-state index is -4.03. The maximum atomic E-state index is 13.5. The summed E-state index contributed by atoms with van der Waals surface area (Å²) in [6, 6.07) is 19.9. The van der Waals surface area contributed by atoms with Gasteiger partial charge in [0.05, 0.1) is 23.4 Å². The smallest absolute Gasteiger partial charge is 0.243 e. The van der Waals surface area contributed by atoms with Gasteiger partial charge in [-0.05, 0) is 55.3 Å². The average Bonchev–Trinajstić information content (AvgIpc) is 2.87. The van der Waals surface area contributed by atoms with Crippen LogP contribution in [0.3, 0.4) is 0 Å². The van der Waals surface area contributed by atoms with Gasteiger partial charge < -0.3 is 10.1 Å². The Labute approximate surface area is 218 Å². The Morgan fingerprint density at radius 2 is 1.51 bits per heavy atom. The lowest BCUT2D eigenvalue weighted by atomic mass is 10.2. The van der Waals surface area contributed by atoms with Gasteiger partial charge >= 0.3 is 0 Å². The second-order valence-electron chi connectivity index (χ2n) is 8.45. The number of benzene rings is 3. The maximum absolute atomic E-state index is 13.5. The number of ether oxygens (including phenoxy) is 1. The molecule has 0 atom stereocenters. The van der Waals surface area contributed by atoms with E-state index < -0.39 is 32.5 Å². The van der Waals surface area contributed by atoms with Gasteiger partial charge in [0.1, 0.15) is 5.75 Å². The zero-order valence-corrected chi connectivity index (χ0v) is 22.6. The van der Waals surface area contributed by atoms with E-state index in [1.807, 2.05) is 13.0 Å². The van der Waals surface area contributed by atoms with E-state index in [4.69, 9.17) is 4.74 Å².